The number of hydrogen-bond acceptors (Lipinski definition) is 4. The molecule has 0 aliphatic carbocycles. The standard InChI is InChI=1S/C19H15N3S/c1-2-4-14(5-3-1)12-15-6-8-16(9-7-15)22-19-18-17(10-11-23-18)20-13-21-19/h1-11,13H,12H2,(H,20,21,22). The summed E-state index contributed by atoms with van der Waals surface area (Å²) in [5.74, 6) is 0.862. The minimum atomic E-state index is 0.862. The van der Waals surface area contributed by atoms with E-state index >= 15 is 0 Å². The van der Waals surface area contributed by atoms with Crippen molar-refractivity contribution in [2.75, 3.05) is 5.32 Å². The van der Waals surface area contributed by atoms with Gasteiger partial charge in [0.25, 0.3) is 0 Å². The third-order valence-electron chi connectivity index (χ3n) is 3.71. The second-order valence-corrected chi connectivity index (χ2v) is 6.26. The first-order valence-electron chi connectivity index (χ1n) is 7.46. The minimum absolute atomic E-state index is 0.862. The number of thiophene rings is 1. The molecule has 23 heavy (non-hydrogen) atoms. The lowest BCUT2D eigenvalue weighted by Crippen LogP contribution is -1.95. The Kier molecular flexibility index (Phi) is 3.74. The maximum Gasteiger partial charge on any atom is 0.151 e. The molecule has 0 bridgehead atoms. The first-order valence-corrected chi connectivity index (χ1v) is 8.34. The number of benzene rings is 2. The SMILES string of the molecule is c1ccc(Cc2ccc(Nc3ncnc4ccsc34)cc2)cc1. The van der Waals surface area contributed by atoms with Gasteiger partial charge in [0, 0.05) is 5.69 Å². The van der Waals surface area contributed by atoms with E-state index in [9.17, 15) is 0 Å². The molecular formula is C19H15N3S. The molecule has 0 saturated carbocycles. The molecule has 0 atom stereocenters. The Morgan fingerprint density at radius 1 is 0.826 bits per heavy atom. The largest absolute Gasteiger partial charge is 0.339 e. The Hall–Kier alpha value is -2.72. The highest BCUT2D eigenvalue weighted by Gasteiger charge is 2.05. The molecule has 3 nitrogen and oxygen atoms in total. The van der Waals surface area contributed by atoms with E-state index in [-0.39, 0.29) is 0 Å². The highest BCUT2D eigenvalue weighted by atomic mass is 32.1. The molecule has 0 aliphatic rings. The Bertz CT molecular complexity index is 914. The van der Waals surface area contributed by atoms with Gasteiger partial charge in [-0.1, -0.05) is 42.5 Å². The van der Waals surface area contributed by atoms with Crippen molar-refractivity contribution in [2.45, 2.75) is 6.42 Å². The highest BCUT2D eigenvalue weighted by Crippen LogP contribution is 2.27. The molecule has 4 heteroatoms. The van der Waals surface area contributed by atoms with Gasteiger partial charge in [-0.25, -0.2) is 9.97 Å². The van der Waals surface area contributed by atoms with Crippen LogP contribution in [-0.2, 0) is 6.42 Å². The van der Waals surface area contributed by atoms with Crippen LogP contribution in [0.5, 0.6) is 0 Å². The summed E-state index contributed by atoms with van der Waals surface area (Å²) in [5, 5.41) is 5.42. The summed E-state index contributed by atoms with van der Waals surface area (Å²) in [6.45, 7) is 0. The molecule has 2 heterocycles. The zero-order valence-electron chi connectivity index (χ0n) is 12.4. The van der Waals surface area contributed by atoms with Gasteiger partial charge >= 0.3 is 0 Å². The maximum absolute atomic E-state index is 4.35. The zero-order chi connectivity index (χ0) is 15.5. The van der Waals surface area contributed by atoms with Crippen molar-refractivity contribution >= 4 is 33.1 Å². The van der Waals surface area contributed by atoms with E-state index in [1.807, 2.05) is 17.5 Å². The van der Waals surface area contributed by atoms with Crippen LogP contribution in [0.3, 0.4) is 0 Å². The van der Waals surface area contributed by atoms with Gasteiger partial charge in [-0.05, 0) is 41.1 Å². The van der Waals surface area contributed by atoms with E-state index in [1.165, 1.54) is 11.1 Å². The fourth-order valence-electron chi connectivity index (χ4n) is 2.55. The lowest BCUT2D eigenvalue weighted by Gasteiger charge is -2.07. The average molecular weight is 317 g/mol. The highest BCUT2D eigenvalue weighted by molar-refractivity contribution is 7.17. The van der Waals surface area contributed by atoms with Crippen LogP contribution in [0.4, 0.5) is 11.5 Å². The summed E-state index contributed by atoms with van der Waals surface area (Å²) in [4.78, 5) is 8.62. The van der Waals surface area contributed by atoms with Gasteiger partial charge in [0.2, 0.25) is 0 Å². The van der Waals surface area contributed by atoms with E-state index in [0.29, 0.717) is 0 Å². The average Bonchev–Trinajstić information content (AvgIpc) is 3.07. The number of aromatic nitrogens is 2. The van der Waals surface area contributed by atoms with E-state index < -0.39 is 0 Å². The van der Waals surface area contributed by atoms with Crippen LogP contribution in [0.1, 0.15) is 11.1 Å². The summed E-state index contributed by atoms with van der Waals surface area (Å²) in [7, 11) is 0. The summed E-state index contributed by atoms with van der Waals surface area (Å²) in [5.41, 5.74) is 4.64. The summed E-state index contributed by atoms with van der Waals surface area (Å²) in [6, 6.07) is 21.0. The van der Waals surface area contributed by atoms with Gasteiger partial charge in [-0.3, -0.25) is 0 Å². The molecule has 0 unspecified atom stereocenters. The van der Waals surface area contributed by atoms with Crippen molar-refractivity contribution in [1.82, 2.24) is 9.97 Å². The van der Waals surface area contributed by atoms with Crippen LogP contribution < -0.4 is 5.32 Å². The molecule has 0 aliphatic heterocycles. The van der Waals surface area contributed by atoms with Crippen molar-refractivity contribution < 1.29 is 0 Å². The fraction of sp³-hybridized carbons (Fsp3) is 0.0526. The van der Waals surface area contributed by atoms with Gasteiger partial charge in [-0.2, -0.15) is 0 Å². The number of hydrogen-bond donors (Lipinski definition) is 1. The summed E-state index contributed by atoms with van der Waals surface area (Å²) < 4.78 is 1.08. The molecule has 2 aromatic carbocycles. The van der Waals surface area contributed by atoms with Gasteiger partial charge in [0.1, 0.15) is 6.33 Å². The van der Waals surface area contributed by atoms with Crippen molar-refractivity contribution in [3.8, 4) is 0 Å². The molecule has 4 aromatic rings. The van der Waals surface area contributed by atoms with Crippen molar-refractivity contribution in [3.63, 3.8) is 0 Å². The molecule has 112 valence electrons. The third-order valence-corrected chi connectivity index (χ3v) is 4.62. The molecule has 0 radical (unpaired) electrons. The monoisotopic (exact) mass is 317 g/mol. The predicted octanol–water partition coefficient (Wildman–Crippen LogP) is 5.03. The first-order chi connectivity index (χ1) is 11.4. The van der Waals surface area contributed by atoms with Crippen LogP contribution in [0.15, 0.2) is 72.4 Å². The first kappa shape index (κ1) is 13.9. The number of rotatable bonds is 4. The lowest BCUT2D eigenvalue weighted by molar-refractivity contribution is 1.19. The molecular weight excluding hydrogens is 302 g/mol. The Morgan fingerprint density at radius 2 is 1.61 bits per heavy atom. The number of nitrogens with zero attached hydrogens (tertiary/aromatic N) is 2. The van der Waals surface area contributed by atoms with Crippen molar-refractivity contribution in [2.24, 2.45) is 0 Å². The molecule has 0 fully saturated rings. The maximum atomic E-state index is 4.35. The molecule has 0 saturated heterocycles. The van der Waals surface area contributed by atoms with Gasteiger partial charge < -0.3 is 5.32 Å². The fourth-order valence-corrected chi connectivity index (χ4v) is 3.34. The number of nitrogens with one attached hydrogen (secondary N) is 1. The van der Waals surface area contributed by atoms with Crippen LogP contribution in [0.25, 0.3) is 10.2 Å². The van der Waals surface area contributed by atoms with Gasteiger partial charge in [0.15, 0.2) is 5.82 Å². The smallest absolute Gasteiger partial charge is 0.151 e. The topological polar surface area (TPSA) is 37.8 Å². The molecule has 1 N–H and O–H groups in total. The van der Waals surface area contributed by atoms with Gasteiger partial charge in [-0.15, -0.1) is 11.3 Å². The summed E-state index contributed by atoms with van der Waals surface area (Å²) >= 11 is 1.65. The van der Waals surface area contributed by atoms with Crippen molar-refractivity contribution in [1.29, 1.82) is 0 Å². The Balaban J connectivity index is 1.53. The number of fused-ring (bicyclic) bond motifs is 1. The quantitative estimate of drug-likeness (QED) is 0.574. The predicted molar refractivity (Wildman–Crippen MR) is 96.4 cm³/mol. The molecule has 0 amide bonds. The normalized spacial score (nSPS) is 10.8. The Labute approximate surface area is 138 Å². The van der Waals surface area contributed by atoms with Crippen LogP contribution in [0, 0.1) is 0 Å². The van der Waals surface area contributed by atoms with Crippen LogP contribution >= 0.6 is 11.3 Å². The van der Waals surface area contributed by atoms with Crippen LogP contribution in [0.2, 0.25) is 0 Å². The molecule has 0 spiro atoms. The third kappa shape index (κ3) is 3.07. The van der Waals surface area contributed by atoms with Gasteiger partial charge in [0.05, 0.1) is 10.2 Å². The summed E-state index contributed by atoms with van der Waals surface area (Å²) in [6.07, 6.45) is 2.55. The zero-order valence-corrected chi connectivity index (χ0v) is 13.3. The molecule has 2 aromatic heterocycles. The minimum Gasteiger partial charge on any atom is -0.339 e. The second-order valence-electron chi connectivity index (χ2n) is 5.34. The second kappa shape index (κ2) is 6.18. The molecule has 4 rings (SSSR count). The van der Waals surface area contributed by atoms with E-state index in [2.05, 4.69) is 63.8 Å². The lowest BCUT2D eigenvalue weighted by atomic mass is 10.0. The van der Waals surface area contributed by atoms with E-state index in [1.54, 1.807) is 17.7 Å². The van der Waals surface area contributed by atoms with Crippen LogP contribution in [-0.4, -0.2) is 9.97 Å². The Morgan fingerprint density at radius 3 is 2.43 bits per heavy atom. The van der Waals surface area contributed by atoms with E-state index in [4.69, 9.17) is 0 Å². The van der Waals surface area contributed by atoms with E-state index in [0.717, 1.165) is 28.1 Å². The van der Waals surface area contributed by atoms with Crippen molar-refractivity contribution in [3.05, 3.63) is 83.5 Å². The number of anilines is 2.